The Bertz CT molecular complexity index is 3520. The summed E-state index contributed by atoms with van der Waals surface area (Å²) >= 11 is 0. The van der Waals surface area contributed by atoms with Crippen LogP contribution in [0.3, 0.4) is 0 Å². The first-order valence-electron chi connectivity index (χ1n) is 33.9. The third kappa shape index (κ3) is 29.8. The summed E-state index contributed by atoms with van der Waals surface area (Å²) in [5, 5.41) is 8.74. The number of carbonyl (C=O) groups excluding carboxylic acids is 7. The third-order valence-electron chi connectivity index (χ3n) is 15.7. The van der Waals surface area contributed by atoms with Crippen molar-refractivity contribution in [2.24, 2.45) is 0 Å². The van der Waals surface area contributed by atoms with Gasteiger partial charge in [-0.1, -0.05) is 30.3 Å². The van der Waals surface area contributed by atoms with Crippen molar-refractivity contribution in [3.05, 3.63) is 90.3 Å². The molecule has 2 aliphatic heterocycles. The predicted octanol–water partition coefficient (Wildman–Crippen LogP) is 3.19. The van der Waals surface area contributed by atoms with E-state index in [4.69, 9.17) is 33.2 Å². The van der Waals surface area contributed by atoms with Crippen LogP contribution >= 0.6 is 0 Å². The molecule has 3 aromatic carbocycles. The van der Waals surface area contributed by atoms with Gasteiger partial charge in [0.25, 0.3) is 0 Å². The van der Waals surface area contributed by atoms with Crippen LogP contribution < -0.4 is 30.3 Å². The van der Waals surface area contributed by atoms with Crippen LogP contribution in [0.2, 0.25) is 0 Å². The van der Waals surface area contributed by atoms with Gasteiger partial charge in [-0.15, -0.1) is 0 Å². The zero-order valence-corrected chi connectivity index (χ0v) is 61.8. The maximum atomic E-state index is 13.6. The highest BCUT2D eigenvalue weighted by Crippen LogP contribution is 2.31. The van der Waals surface area contributed by atoms with Gasteiger partial charge in [0.2, 0.25) is 31.9 Å². The molecule has 32 heteroatoms. The lowest BCUT2D eigenvalue weighted by atomic mass is 9.93. The zero-order valence-electron chi connectivity index (χ0n) is 60.2. The Morgan fingerprint density at radius 1 is 0.594 bits per heavy atom. The number of hydrogen-bond donors (Lipinski definition) is 6. The summed E-state index contributed by atoms with van der Waals surface area (Å²) in [5.41, 5.74) is 0.947. The van der Waals surface area contributed by atoms with Gasteiger partial charge in [-0.2, -0.15) is 4.72 Å². The Morgan fingerprint density at radius 3 is 1.50 bits per heavy atom. The number of Topliss-reactive ketones (excluding diaryl/α,β-unsaturated/α-hetero) is 1. The molecule has 3 heterocycles. The minimum absolute atomic E-state index is 0.0157. The second-order valence-corrected chi connectivity index (χ2v) is 31.0. The van der Waals surface area contributed by atoms with Gasteiger partial charge in [-0.25, -0.2) is 26.5 Å². The molecule has 0 spiro atoms. The first-order valence-corrected chi connectivity index (χ1v) is 36.9. The van der Waals surface area contributed by atoms with Crippen molar-refractivity contribution < 1.29 is 83.6 Å². The molecule has 101 heavy (non-hydrogen) atoms. The van der Waals surface area contributed by atoms with Crippen molar-refractivity contribution in [2.75, 3.05) is 162 Å². The van der Waals surface area contributed by atoms with Crippen molar-refractivity contribution in [1.29, 1.82) is 0 Å². The van der Waals surface area contributed by atoms with Gasteiger partial charge >= 0.3 is 23.9 Å². The lowest BCUT2D eigenvalue weighted by Gasteiger charge is -2.34. The highest BCUT2D eigenvalue weighted by Gasteiger charge is 2.36. The van der Waals surface area contributed by atoms with E-state index in [1.54, 1.807) is 48.6 Å². The van der Waals surface area contributed by atoms with Crippen LogP contribution in [0.5, 0.6) is 0 Å². The number of ether oxygens (including phenoxy) is 7. The molecule has 6 rings (SSSR count). The summed E-state index contributed by atoms with van der Waals surface area (Å²) in [6.45, 7) is 22.1. The summed E-state index contributed by atoms with van der Waals surface area (Å²) in [6.07, 6.45) is 4.08. The van der Waals surface area contributed by atoms with Crippen LogP contribution in [0.4, 0.5) is 11.6 Å². The quantitative estimate of drug-likeness (QED) is 0.0219. The molecule has 2 atom stereocenters. The molecule has 0 bridgehead atoms. The number of benzene rings is 3. The van der Waals surface area contributed by atoms with Crippen LogP contribution in [0.25, 0.3) is 11.1 Å². The van der Waals surface area contributed by atoms with Gasteiger partial charge in [0.1, 0.15) is 28.9 Å². The molecule has 2 aliphatic rings. The van der Waals surface area contributed by atoms with Gasteiger partial charge < -0.3 is 59.0 Å². The molecule has 0 saturated carbocycles. The molecule has 1 saturated heterocycles. The number of sulfonamides is 2. The van der Waals surface area contributed by atoms with Crippen molar-refractivity contribution in [3.63, 3.8) is 0 Å². The maximum absolute atomic E-state index is 13.6. The second-order valence-electron chi connectivity index (χ2n) is 27.5. The molecular weight excluding hydrogens is 1350 g/mol. The molecule has 4 aromatic rings. The Balaban J connectivity index is 0.854. The number of methoxy groups -OCH3 is 1. The molecule has 560 valence electrons. The van der Waals surface area contributed by atoms with Crippen LogP contribution in [0.15, 0.2) is 88.9 Å². The minimum Gasteiger partial charge on any atom is -0.468 e. The number of ketones is 1. The monoisotopic (exact) mass is 1450 g/mol. The van der Waals surface area contributed by atoms with E-state index >= 15 is 0 Å². The average Bonchev–Trinajstić information content (AvgIpc) is 1.14. The van der Waals surface area contributed by atoms with Gasteiger partial charge in [0.15, 0.2) is 11.7 Å². The van der Waals surface area contributed by atoms with Crippen molar-refractivity contribution in [2.45, 2.75) is 127 Å². The van der Waals surface area contributed by atoms with E-state index < -0.39 is 67.4 Å². The molecule has 0 aliphatic carbocycles. The van der Waals surface area contributed by atoms with Crippen LogP contribution in [0.1, 0.15) is 97.5 Å². The molecule has 1 aromatic heterocycles. The summed E-state index contributed by atoms with van der Waals surface area (Å²) < 4.78 is 97.2. The smallest absolute Gasteiger partial charge is 0.325 e. The molecule has 2 amide bonds. The fraction of sp³-hybridized carbons (Fsp3) is 0.594. The van der Waals surface area contributed by atoms with E-state index in [1.807, 2.05) is 88.0 Å². The molecule has 0 radical (unpaired) electrons. The van der Waals surface area contributed by atoms with Gasteiger partial charge in [0.05, 0.1) is 69.5 Å². The number of imidazole rings is 1. The van der Waals surface area contributed by atoms with Crippen molar-refractivity contribution >= 4 is 73.2 Å². The Kier molecular flexibility index (Phi) is 32.0. The standard InChI is InChI=1S/C69H104N12O18S2/c1-67(2,3)97-61(84)47-79-30-28-78(29-31-80(48-62(85)98-68(4,5)6)33-35-81(34-32-79)49-63(86)99-69(7,8)9)46-60(83)70-24-12-36-94-38-40-96-41-39-95-37-13-25-75-100(89,90)53-19-15-51(16-20-53)52-17-21-54(22-18-52)101(91,92)76-56(65(88)93-11)45-73-64(87)58-43-59(82)55-23-14-50(42-57(55)77(58)10)44-74-66-71-26-27-72-66/h14-23,26-27,42,56,58,75-76H,12-13,24-25,28-41,43-49H2,1-11H3,(H,70,83)(H,73,87)(H2,71,72,74). The first kappa shape index (κ1) is 82.5. The fourth-order valence-corrected chi connectivity index (χ4v) is 13.0. The lowest BCUT2D eigenvalue weighted by Crippen LogP contribution is -2.54. The number of carbonyl (C=O) groups is 7. The number of aromatic nitrogens is 2. The highest BCUT2D eigenvalue weighted by atomic mass is 32.2. The van der Waals surface area contributed by atoms with E-state index in [-0.39, 0.29) is 91.7 Å². The highest BCUT2D eigenvalue weighted by molar-refractivity contribution is 7.89. The lowest BCUT2D eigenvalue weighted by molar-refractivity contribution is -0.158. The largest absolute Gasteiger partial charge is 0.468 e. The van der Waals surface area contributed by atoms with Gasteiger partial charge in [-0.05, 0) is 128 Å². The summed E-state index contributed by atoms with van der Waals surface area (Å²) in [7, 11) is -5.49. The Hall–Kier alpha value is -7.50. The number of anilines is 2. The van der Waals surface area contributed by atoms with E-state index in [2.05, 4.69) is 35.4 Å². The van der Waals surface area contributed by atoms with Crippen LogP contribution in [0, 0.1) is 0 Å². The normalized spacial score (nSPS) is 16.2. The number of fused-ring (bicyclic) bond motifs is 1. The number of nitrogens with one attached hydrogen (secondary N) is 6. The number of hydrogen-bond acceptors (Lipinski definition) is 25. The predicted molar refractivity (Wildman–Crippen MR) is 378 cm³/mol. The van der Waals surface area contributed by atoms with E-state index in [0.717, 1.165) is 12.7 Å². The molecule has 6 N–H and O–H groups in total. The van der Waals surface area contributed by atoms with E-state index in [9.17, 15) is 50.4 Å². The number of rotatable bonds is 35. The van der Waals surface area contributed by atoms with Crippen LogP contribution in [-0.2, 0) is 88.5 Å². The minimum atomic E-state index is -4.36. The molecule has 1 fully saturated rings. The second kappa shape index (κ2) is 39.2. The van der Waals surface area contributed by atoms with E-state index in [1.165, 1.54) is 36.4 Å². The zero-order chi connectivity index (χ0) is 74.0. The third-order valence-corrected chi connectivity index (χ3v) is 18.6. The SMILES string of the molecule is COC(=O)C(CNC(=O)C1CC(=O)c2ccc(CNc3ncc[nH]3)cc2N1C)NS(=O)(=O)c1ccc(-c2ccc(S(=O)(=O)NCCCOCCOCCOCCCNC(=O)CN3CCN(CC(=O)OC(C)(C)C)CCN(CC(=O)OC(C)(C)C)CCN(CC(=O)OC(C)(C)C)CC3)cc2)cc1. The molecule has 2 unspecified atom stereocenters. The Morgan fingerprint density at radius 2 is 1.05 bits per heavy atom. The number of amides is 2. The van der Waals surface area contributed by atoms with Crippen LogP contribution in [-0.4, -0.2) is 269 Å². The number of nitrogens with zero attached hydrogens (tertiary/aromatic N) is 6. The van der Waals surface area contributed by atoms with Gasteiger partial charge in [0, 0.05) is 129 Å². The summed E-state index contributed by atoms with van der Waals surface area (Å²) in [4.78, 5) is 109. The average molecular weight is 1450 g/mol. The van der Waals surface area contributed by atoms with Crippen molar-refractivity contribution in [1.82, 2.24) is 49.6 Å². The first-order chi connectivity index (χ1) is 47.7. The summed E-state index contributed by atoms with van der Waals surface area (Å²) in [6, 6.07) is 14.6. The number of esters is 4. The Labute approximate surface area is 594 Å². The number of H-pyrrole nitrogens is 1. The van der Waals surface area contributed by atoms with E-state index in [0.29, 0.717) is 133 Å². The topological polar surface area (TPSA) is 357 Å². The fourth-order valence-electron chi connectivity index (χ4n) is 10.7. The summed E-state index contributed by atoms with van der Waals surface area (Å²) in [5.74, 6) is -2.59. The van der Waals surface area contributed by atoms with Gasteiger partial charge in [-0.3, -0.25) is 53.2 Å². The van der Waals surface area contributed by atoms with Crippen molar-refractivity contribution in [3.8, 4) is 11.1 Å². The molecule has 30 nitrogen and oxygen atoms in total. The number of aromatic amines is 1. The maximum Gasteiger partial charge on any atom is 0.325 e. The molecular formula is C69H104N12O18S2. The number of likely N-dealkylation sites (N-methyl/N-ethyl adjacent to an activating group) is 1.